The first-order valence-corrected chi connectivity index (χ1v) is 6.39. The van der Waals surface area contributed by atoms with Gasteiger partial charge in [0.25, 0.3) is 0 Å². The van der Waals surface area contributed by atoms with Crippen LogP contribution in [0.3, 0.4) is 0 Å². The maximum absolute atomic E-state index is 9.10. The highest BCUT2D eigenvalue weighted by atomic mass is 32.2. The lowest BCUT2D eigenvalue weighted by molar-refractivity contribution is 0.346. The minimum atomic E-state index is 0.376. The van der Waals surface area contributed by atoms with E-state index in [0.29, 0.717) is 32.9 Å². The standard InChI is InChI=1S/C12H13NO3S2/c1-4-16-12(17)18-11-6-10(15-3)9(14-2)5-8(11)7-13/h5-6H,4H2,1-3H3. The van der Waals surface area contributed by atoms with E-state index in [9.17, 15) is 0 Å². The Balaban J connectivity index is 3.10. The van der Waals surface area contributed by atoms with Crippen molar-refractivity contribution >= 4 is 28.4 Å². The van der Waals surface area contributed by atoms with Crippen LogP contribution in [-0.2, 0) is 4.74 Å². The Kier molecular flexibility index (Phi) is 5.75. The molecule has 1 aromatic carbocycles. The molecule has 1 aromatic rings. The molecule has 0 unspecified atom stereocenters. The van der Waals surface area contributed by atoms with E-state index >= 15 is 0 Å². The van der Waals surface area contributed by atoms with Crippen molar-refractivity contribution in [2.24, 2.45) is 0 Å². The average Bonchev–Trinajstić information content (AvgIpc) is 2.38. The molecular formula is C12H13NO3S2. The second-order valence-corrected chi connectivity index (χ2v) is 4.74. The van der Waals surface area contributed by atoms with Crippen LogP contribution in [0.15, 0.2) is 17.0 Å². The number of benzene rings is 1. The highest BCUT2D eigenvalue weighted by Crippen LogP contribution is 2.35. The van der Waals surface area contributed by atoms with Crippen molar-refractivity contribution in [1.82, 2.24) is 0 Å². The summed E-state index contributed by atoms with van der Waals surface area (Å²) >= 11 is 6.26. The number of thioether (sulfide) groups is 1. The van der Waals surface area contributed by atoms with Crippen LogP contribution in [-0.4, -0.2) is 25.2 Å². The Bertz CT molecular complexity index is 483. The SMILES string of the molecule is CCOC(=S)Sc1cc(OC)c(OC)cc1C#N. The van der Waals surface area contributed by atoms with Gasteiger partial charge >= 0.3 is 0 Å². The quantitative estimate of drug-likeness (QED) is 0.625. The summed E-state index contributed by atoms with van der Waals surface area (Å²) in [4.78, 5) is 0.689. The summed E-state index contributed by atoms with van der Waals surface area (Å²) in [6.45, 7) is 2.35. The first-order chi connectivity index (χ1) is 8.65. The van der Waals surface area contributed by atoms with Gasteiger partial charge in [-0.3, -0.25) is 0 Å². The number of thiocarbonyl (C=S) groups is 1. The van der Waals surface area contributed by atoms with Gasteiger partial charge in [0.15, 0.2) is 11.5 Å². The molecule has 18 heavy (non-hydrogen) atoms. The third-order valence-corrected chi connectivity index (χ3v) is 3.27. The summed E-state index contributed by atoms with van der Waals surface area (Å²) < 4.78 is 15.9. The Labute approximate surface area is 116 Å². The molecular weight excluding hydrogens is 270 g/mol. The van der Waals surface area contributed by atoms with E-state index in [1.807, 2.05) is 6.92 Å². The van der Waals surface area contributed by atoms with Gasteiger partial charge < -0.3 is 14.2 Å². The van der Waals surface area contributed by atoms with Gasteiger partial charge in [0.1, 0.15) is 6.07 Å². The Hall–Kier alpha value is -1.45. The number of nitriles is 1. The Morgan fingerprint density at radius 1 is 1.33 bits per heavy atom. The number of nitrogens with zero attached hydrogens (tertiary/aromatic N) is 1. The van der Waals surface area contributed by atoms with Crippen molar-refractivity contribution in [1.29, 1.82) is 5.26 Å². The third kappa shape index (κ3) is 3.52. The van der Waals surface area contributed by atoms with Crippen LogP contribution >= 0.6 is 24.0 Å². The molecule has 6 heteroatoms. The predicted octanol–water partition coefficient (Wildman–Crippen LogP) is 2.99. The Morgan fingerprint density at radius 3 is 2.44 bits per heavy atom. The number of ether oxygens (including phenoxy) is 3. The number of hydrogen-bond donors (Lipinski definition) is 0. The summed E-state index contributed by atoms with van der Waals surface area (Å²) in [7, 11) is 3.07. The molecule has 0 saturated carbocycles. The lowest BCUT2D eigenvalue weighted by atomic mass is 10.2. The molecule has 96 valence electrons. The molecule has 0 saturated heterocycles. The summed E-state index contributed by atoms with van der Waals surface area (Å²) in [6, 6.07) is 5.43. The minimum absolute atomic E-state index is 0.376. The summed E-state index contributed by atoms with van der Waals surface area (Å²) in [5.74, 6) is 1.07. The average molecular weight is 283 g/mol. The van der Waals surface area contributed by atoms with E-state index in [1.54, 1.807) is 19.2 Å². The van der Waals surface area contributed by atoms with E-state index < -0.39 is 0 Å². The second-order valence-electron chi connectivity index (χ2n) is 3.10. The van der Waals surface area contributed by atoms with Crippen LogP contribution in [0.4, 0.5) is 0 Å². The zero-order valence-electron chi connectivity index (χ0n) is 10.4. The fourth-order valence-corrected chi connectivity index (χ4v) is 2.39. The molecule has 0 aliphatic rings. The molecule has 0 amide bonds. The summed E-state index contributed by atoms with van der Waals surface area (Å²) in [5, 5.41) is 9.10. The van der Waals surface area contributed by atoms with Crippen molar-refractivity contribution in [3.05, 3.63) is 17.7 Å². The molecule has 0 aliphatic carbocycles. The van der Waals surface area contributed by atoms with E-state index in [-0.39, 0.29) is 0 Å². The zero-order chi connectivity index (χ0) is 13.5. The molecule has 0 heterocycles. The van der Waals surface area contributed by atoms with Gasteiger partial charge in [-0.2, -0.15) is 5.26 Å². The maximum Gasteiger partial charge on any atom is 0.224 e. The van der Waals surface area contributed by atoms with Crippen LogP contribution in [0.25, 0.3) is 0 Å². The number of hydrogen-bond acceptors (Lipinski definition) is 6. The second kappa shape index (κ2) is 7.09. The molecule has 4 nitrogen and oxygen atoms in total. The lowest BCUT2D eigenvalue weighted by Gasteiger charge is -2.11. The molecule has 0 aliphatic heterocycles. The van der Waals surface area contributed by atoms with Crippen molar-refractivity contribution in [2.45, 2.75) is 11.8 Å². The molecule has 0 radical (unpaired) electrons. The first kappa shape index (κ1) is 14.6. The largest absolute Gasteiger partial charge is 0.493 e. The fraction of sp³-hybridized carbons (Fsp3) is 0.333. The van der Waals surface area contributed by atoms with Crippen molar-refractivity contribution in [3.63, 3.8) is 0 Å². The van der Waals surface area contributed by atoms with E-state index in [2.05, 4.69) is 6.07 Å². The van der Waals surface area contributed by atoms with Gasteiger partial charge in [0.2, 0.25) is 4.38 Å². The van der Waals surface area contributed by atoms with E-state index in [1.165, 1.54) is 18.9 Å². The van der Waals surface area contributed by atoms with Gasteiger partial charge in [0.05, 0.1) is 26.4 Å². The number of rotatable bonds is 4. The van der Waals surface area contributed by atoms with Crippen molar-refractivity contribution < 1.29 is 14.2 Å². The molecule has 0 spiro atoms. The third-order valence-electron chi connectivity index (χ3n) is 2.06. The molecule has 0 N–H and O–H groups in total. The van der Waals surface area contributed by atoms with Gasteiger partial charge in [0, 0.05) is 11.0 Å². The molecule has 0 bridgehead atoms. The van der Waals surface area contributed by atoms with Crippen LogP contribution in [0, 0.1) is 11.3 Å². The maximum atomic E-state index is 9.10. The highest BCUT2D eigenvalue weighted by molar-refractivity contribution is 8.22. The fourth-order valence-electron chi connectivity index (χ4n) is 1.27. The van der Waals surface area contributed by atoms with Crippen LogP contribution in [0.5, 0.6) is 11.5 Å². The molecule has 0 atom stereocenters. The van der Waals surface area contributed by atoms with Crippen LogP contribution in [0.2, 0.25) is 0 Å². The van der Waals surface area contributed by atoms with Crippen LogP contribution in [0.1, 0.15) is 12.5 Å². The zero-order valence-corrected chi connectivity index (χ0v) is 12.0. The van der Waals surface area contributed by atoms with Gasteiger partial charge in [-0.25, -0.2) is 0 Å². The Morgan fingerprint density at radius 2 is 1.94 bits per heavy atom. The predicted molar refractivity (Wildman–Crippen MR) is 74.3 cm³/mol. The van der Waals surface area contributed by atoms with E-state index in [0.717, 1.165) is 0 Å². The van der Waals surface area contributed by atoms with Crippen LogP contribution < -0.4 is 9.47 Å². The van der Waals surface area contributed by atoms with Crippen molar-refractivity contribution in [2.75, 3.05) is 20.8 Å². The first-order valence-electron chi connectivity index (χ1n) is 5.17. The highest BCUT2D eigenvalue weighted by Gasteiger charge is 2.13. The molecule has 1 rings (SSSR count). The van der Waals surface area contributed by atoms with Gasteiger partial charge in [-0.15, -0.1) is 0 Å². The smallest absolute Gasteiger partial charge is 0.224 e. The van der Waals surface area contributed by atoms with Gasteiger partial charge in [-0.1, -0.05) is 0 Å². The summed E-state index contributed by atoms with van der Waals surface area (Å²) in [5.41, 5.74) is 0.472. The minimum Gasteiger partial charge on any atom is -0.493 e. The normalized spacial score (nSPS) is 9.44. The number of methoxy groups -OCH3 is 2. The van der Waals surface area contributed by atoms with Gasteiger partial charge in [-0.05, 0) is 37.0 Å². The summed E-state index contributed by atoms with van der Waals surface area (Å²) in [6.07, 6.45) is 0. The lowest BCUT2D eigenvalue weighted by Crippen LogP contribution is -1.98. The van der Waals surface area contributed by atoms with E-state index in [4.69, 9.17) is 31.7 Å². The molecule has 0 aromatic heterocycles. The molecule has 0 fully saturated rings. The monoisotopic (exact) mass is 283 g/mol. The van der Waals surface area contributed by atoms with Crippen molar-refractivity contribution in [3.8, 4) is 17.6 Å². The topological polar surface area (TPSA) is 51.5 Å².